The van der Waals surface area contributed by atoms with Crippen molar-refractivity contribution in [1.82, 2.24) is 5.43 Å². The number of methoxy groups -OCH3 is 1. The van der Waals surface area contributed by atoms with Crippen LogP contribution in [-0.2, 0) is 0 Å². The molecule has 0 bridgehead atoms. The Kier molecular flexibility index (Phi) is 2.99. The monoisotopic (exact) mass is 250 g/mol. The largest absolute Gasteiger partial charge is 0.494 e. The number of hydrogen-bond donors (Lipinski definition) is 2. The van der Waals surface area contributed by atoms with E-state index in [0.29, 0.717) is 5.92 Å². The number of halogens is 1. The van der Waals surface area contributed by atoms with Crippen LogP contribution in [0.4, 0.5) is 4.39 Å². The van der Waals surface area contributed by atoms with Crippen molar-refractivity contribution in [1.29, 1.82) is 0 Å². The van der Waals surface area contributed by atoms with Crippen molar-refractivity contribution >= 4 is 0 Å². The molecule has 2 fully saturated rings. The van der Waals surface area contributed by atoms with E-state index in [1.807, 2.05) is 6.07 Å². The van der Waals surface area contributed by atoms with E-state index >= 15 is 0 Å². The van der Waals surface area contributed by atoms with Gasteiger partial charge in [0.1, 0.15) is 0 Å². The molecule has 3 nitrogen and oxygen atoms in total. The first-order chi connectivity index (χ1) is 8.72. The van der Waals surface area contributed by atoms with Gasteiger partial charge in [0.15, 0.2) is 11.6 Å². The van der Waals surface area contributed by atoms with Crippen LogP contribution in [0.15, 0.2) is 18.2 Å². The summed E-state index contributed by atoms with van der Waals surface area (Å²) < 4.78 is 18.7. The summed E-state index contributed by atoms with van der Waals surface area (Å²) in [5.41, 5.74) is 3.78. The molecule has 1 aromatic rings. The Labute approximate surface area is 106 Å². The van der Waals surface area contributed by atoms with E-state index in [-0.39, 0.29) is 17.6 Å². The summed E-state index contributed by atoms with van der Waals surface area (Å²) in [6.45, 7) is 0. The highest BCUT2D eigenvalue weighted by molar-refractivity contribution is 5.31. The lowest BCUT2D eigenvalue weighted by Gasteiger charge is -2.24. The van der Waals surface area contributed by atoms with Crippen LogP contribution in [0.3, 0.4) is 0 Å². The maximum absolute atomic E-state index is 13.7. The fourth-order valence-electron chi connectivity index (χ4n) is 3.41. The third-order valence-electron chi connectivity index (χ3n) is 4.47. The van der Waals surface area contributed by atoms with Crippen molar-refractivity contribution in [3.05, 3.63) is 29.6 Å². The van der Waals surface area contributed by atoms with Gasteiger partial charge in [0, 0.05) is 6.04 Å². The van der Waals surface area contributed by atoms with Gasteiger partial charge in [-0.15, -0.1) is 0 Å². The van der Waals surface area contributed by atoms with Gasteiger partial charge in [-0.1, -0.05) is 6.07 Å². The van der Waals surface area contributed by atoms with E-state index < -0.39 is 0 Å². The molecule has 1 aromatic carbocycles. The first-order valence-corrected chi connectivity index (χ1v) is 6.52. The van der Waals surface area contributed by atoms with E-state index in [4.69, 9.17) is 10.6 Å². The van der Waals surface area contributed by atoms with Gasteiger partial charge in [0.05, 0.1) is 7.11 Å². The Balaban J connectivity index is 1.80. The molecular formula is C14H19FN2O. The number of ether oxygens (including phenoxy) is 1. The minimum absolute atomic E-state index is 0.0539. The molecule has 4 heteroatoms. The van der Waals surface area contributed by atoms with Crippen LogP contribution >= 0.6 is 0 Å². The van der Waals surface area contributed by atoms with E-state index in [2.05, 4.69) is 5.43 Å². The average Bonchev–Trinajstić information content (AvgIpc) is 2.98. The van der Waals surface area contributed by atoms with Crippen LogP contribution in [0.2, 0.25) is 0 Å². The first-order valence-electron chi connectivity index (χ1n) is 6.52. The van der Waals surface area contributed by atoms with Gasteiger partial charge in [-0.2, -0.15) is 0 Å². The van der Waals surface area contributed by atoms with Crippen molar-refractivity contribution in [3.8, 4) is 5.75 Å². The predicted octanol–water partition coefficient (Wildman–Crippen LogP) is 2.38. The zero-order valence-corrected chi connectivity index (χ0v) is 10.5. The summed E-state index contributed by atoms with van der Waals surface area (Å²) in [4.78, 5) is 0. The number of hydrazine groups is 1. The lowest BCUT2D eigenvalue weighted by Crippen LogP contribution is -2.33. The highest BCUT2D eigenvalue weighted by Gasteiger charge is 2.47. The molecule has 3 N–H and O–H groups in total. The highest BCUT2D eigenvalue weighted by atomic mass is 19.1. The summed E-state index contributed by atoms with van der Waals surface area (Å²) in [7, 11) is 1.47. The van der Waals surface area contributed by atoms with Gasteiger partial charge >= 0.3 is 0 Å². The van der Waals surface area contributed by atoms with Crippen molar-refractivity contribution in [2.24, 2.45) is 23.6 Å². The molecule has 3 atom stereocenters. The molecule has 3 rings (SSSR count). The summed E-state index contributed by atoms with van der Waals surface area (Å²) in [5, 5.41) is 0. The molecule has 0 radical (unpaired) electrons. The number of benzene rings is 1. The molecule has 0 heterocycles. The van der Waals surface area contributed by atoms with E-state index in [9.17, 15) is 4.39 Å². The second-order valence-corrected chi connectivity index (χ2v) is 5.53. The van der Waals surface area contributed by atoms with Crippen molar-refractivity contribution < 1.29 is 9.13 Å². The lowest BCUT2D eigenvalue weighted by atomic mass is 9.89. The first kappa shape index (κ1) is 11.9. The smallest absolute Gasteiger partial charge is 0.165 e. The minimum atomic E-state index is -0.321. The Morgan fingerprint density at radius 2 is 2.06 bits per heavy atom. The quantitative estimate of drug-likeness (QED) is 0.637. The summed E-state index contributed by atoms with van der Waals surface area (Å²) >= 11 is 0. The normalized spacial score (nSPS) is 30.9. The fraction of sp³-hybridized carbons (Fsp3) is 0.571. The van der Waals surface area contributed by atoms with E-state index in [1.54, 1.807) is 6.07 Å². The molecule has 2 aliphatic rings. The topological polar surface area (TPSA) is 47.3 Å². The zero-order chi connectivity index (χ0) is 12.7. The second kappa shape index (κ2) is 4.52. The van der Waals surface area contributed by atoms with Crippen LogP contribution in [0.25, 0.3) is 0 Å². The molecule has 98 valence electrons. The predicted molar refractivity (Wildman–Crippen MR) is 67.3 cm³/mol. The summed E-state index contributed by atoms with van der Waals surface area (Å²) in [5.74, 6) is 7.95. The standard InChI is InChI=1S/C14H19FN2O/c1-18-13-3-2-8(7-12(13)15)14(17-16)11-5-9-4-10(9)6-11/h2-3,7,9-11,14,17H,4-6,16H2,1H3. The number of fused-ring (bicyclic) bond motifs is 1. The maximum Gasteiger partial charge on any atom is 0.165 e. The molecule has 0 aromatic heterocycles. The van der Waals surface area contributed by atoms with Crippen molar-refractivity contribution in [2.75, 3.05) is 7.11 Å². The van der Waals surface area contributed by atoms with Crippen LogP contribution in [0, 0.1) is 23.6 Å². The number of rotatable bonds is 4. The molecule has 0 spiro atoms. The Morgan fingerprint density at radius 3 is 2.61 bits per heavy atom. The maximum atomic E-state index is 13.7. The Hall–Kier alpha value is -1.13. The van der Waals surface area contributed by atoms with Crippen LogP contribution in [0.5, 0.6) is 5.75 Å². The van der Waals surface area contributed by atoms with Gasteiger partial charge < -0.3 is 4.74 Å². The Bertz CT molecular complexity index is 441. The average molecular weight is 250 g/mol. The van der Waals surface area contributed by atoms with Gasteiger partial charge in [0.2, 0.25) is 0 Å². The molecule has 18 heavy (non-hydrogen) atoms. The third kappa shape index (κ3) is 1.99. The van der Waals surface area contributed by atoms with Gasteiger partial charge in [-0.3, -0.25) is 11.3 Å². The van der Waals surface area contributed by atoms with Crippen LogP contribution in [0.1, 0.15) is 30.9 Å². The minimum Gasteiger partial charge on any atom is -0.494 e. The molecule has 2 saturated carbocycles. The molecular weight excluding hydrogens is 231 g/mol. The lowest BCUT2D eigenvalue weighted by molar-refractivity contribution is 0.342. The fourth-order valence-corrected chi connectivity index (χ4v) is 3.41. The van der Waals surface area contributed by atoms with Crippen molar-refractivity contribution in [2.45, 2.75) is 25.3 Å². The number of hydrogen-bond acceptors (Lipinski definition) is 3. The number of nitrogens with two attached hydrogens (primary N) is 1. The highest BCUT2D eigenvalue weighted by Crippen LogP contribution is 2.57. The molecule has 3 unspecified atom stereocenters. The molecule has 2 aliphatic carbocycles. The van der Waals surface area contributed by atoms with E-state index in [0.717, 1.165) is 17.4 Å². The third-order valence-corrected chi connectivity index (χ3v) is 4.47. The second-order valence-electron chi connectivity index (χ2n) is 5.53. The zero-order valence-electron chi connectivity index (χ0n) is 10.5. The number of nitrogens with one attached hydrogen (secondary N) is 1. The summed E-state index contributed by atoms with van der Waals surface area (Å²) in [6, 6.07) is 5.16. The van der Waals surface area contributed by atoms with Crippen LogP contribution < -0.4 is 16.0 Å². The SMILES string of the molecule is COc1ccc(C(NN)C2CC3CC3C2)cc1F. The molecule has 0 aliphatic heterocycles. The molecule has 0 amide bonds. The van der Waals surface area contributed by atoms with Crippen molar-refractivity contribution in [3.63, 3.8) is 0 Å². The Morgan fingerprint density at radius 1 is 1.33 bits per heavy atom. The van der Waals surface area contributed by atoms with Gasteiger partial charge in [-0.25, -0.2) is 4.39 Å². The van der Waals surface area contributed by atoms with E-state index in [1.165, 1.54) is 32.4 Å². The van der Waals surface area contributed by atoms with Gasteiger partial charge in [-0.05, 0) is 54.7 Å². The van der Waals surface area contributed by atoms with Crippen LogP contribution in [-0.4, -0.2) is 7.11 Å². The molecule has 0 saturated heterocycles. The van der Waals surface area contributed by atoms with Gasteiger partial charge in [0.25, 0.3) is 0 Å². The summed E-state index contributed by atoms with van der Waals surface area (Å²) in [6.07, 6.45) is 3.81.